The summed E-state index contributed by atoms with van der Waals surface area (Å²) in [5.41, 5.74) is 0. The van der Waals surface area contributed by atoms with Crippen LogP contribution in [0.25, 0.3) is 0 Å². The zero-order valence-corrected chi connectivity index (χ0v) is 16.6. The standard InChI is InChI=1S/C18H42N4O2/c1-5-21(6-2)13-9-19-11-15-23-17-18-24-16-12-20-10-14-22(7-3)8-4/h19-20H,5-18H2,1-4H3. The average molecular weight is 347 g/mol. The highest BCUT2D eigenvalue weighted by Gasteiger charge is 1.98. The lowest BCUT2D eigenvalue weighted by molar-refractivity contribution is 0.0497. The van der Waals surface area contributed by atoms with E-state index >= 15 is 0 Å². The normalized spacial score (nSPS) is 11.8. The van der Waals surface area contributed by atoms with Gasteiger partial charge in [0.1, 0.15) is 0 Å². The van der Waals surface area contributed by atoms with Crippen LogP contribution in [0.2, 0.25) is 0 Å². The lowest BCUT2D eigenvalue weighted by atomic mass is 10.4. The molecule has 0 atom stereocenters. The summed E-state index contributed by atoms with van der Waals surface area (Å²) in [5.74, 6) is 0. The van der Waals surface area contributed by atoms with Gasteiger partial charge in [-0.25, -0.2) is 0 Å². The topological polar surface area (TPSA) is 49.0 Å². The molecule has 0 aromatic rings. The smallest absolute Gasteiger partial charge is 0.0701 e. The molecule has 0 bridgehead atoms. The minimum atomic E-state index is 0.678. The largest absolute Gasteiger partial charge is 0.378 e. The van der Waals surface area contributed by atoms with Crippen LogP contribution in [0, 0.1) is 0 Å². The fourth-order valence-corrected chi connectivity index (χ4v) is 2.41. The summed E-state index contributed by atoms with van der Waals surface area (Å²) in [6.07, 6.45) is 0. The zero-order valence-electron chi connectivity index (χ0n) is 16.6. The molecule has 0 rings (SSSR count). The van der Waals surface area contributed by atoms with Crippen molar-refractivity contribution >= 4 is 0 Å². The zero-order chi connectivity index (χ0) is 17.9. The van der Waals surface area contributed by atoms with Gasteiger partial charge in [0.15, 0.2) is 0 Å². The number of hydrogen-bond acceptors (Lipinski definition) is 6. The summed E-state index contributed by atoms with van der Waals surface area (Å²) in [5, 5.41) is 6.81. The number of hydrogen-bond donors (Lipinski definition) is 2. The van der Waals surface area contributed by atoms with Gasteiger partial charge in [-0.3, -0.25) is 0 Å². The van der Waals surface area contributed by atoms with Crippen LogP contribution in [-0.4, -0.2) is 102 Å². The Morgan fingerprint density at radius 3 is 1.25 bits per heavy atom. The second-order valence-corrected chi connectivity index (χ2v) is 5.78. The summed E-state index contributed by atoms with van der Waals surface area (Å²) < 4.78 is 11.1. The Kier molecular flexibility index (Phi) is 18.9. The molecule has 0 saturated heterocycles. The fraction of sp³-hybridized carbons (Fsp3) is 1.00. The van der Waals surface area contributed by atoms with Crippen molar-refractivity contribution in [1.29, 1.82) is 0 Å². The van der Waals surface area contributed by atoms with Crippen LogP contribution in [0.1, 0.15) is 27.7 Å². The van der Waals surface area contributed by atoms with E-state index < -0.39 is 0 Å². The van der Waals surface area contributed by atoms with Gasteiger partial charge in [0.2, 0.25) is 0 Å². The van der Waals surface area contributed by atoms with E-state index in [1.165, 1.54) is 0 Å². The Balaban J connectivity index is 3.12. The van der Waals surface area contributed by atoms with Gasteiger partial charge < -0.3 is 29.9 Å². The van der Waals surface area contributed by atoms with Gasteiger partial charge in [-0.2, -0.15) is 0 Å². The van der Waals surface area contributed by atoms with E-state index in [0.717, 1.165) is 78.7 Å². The molecule has 146 valence electrons. The number of rotatable bonds is 19. The van der Waals surface area contributed by atoms with Crippen molar-refractivity contribution in [2.45, 2.75) is 27.7 Å². The van der Waals surface area contributed by atoms with Gasteiger partial charge in [0, 0.05) is 39.3 Å². The first-order valence-corrected chi connectivity index (χ1v) is 9.79. The van der Waals surface area contributed by atoms with Crippen molar-refractivity contribution in [3.05, 3.63) is 0 Å². The maximum absolute atomic E-state index is 5.55. The monoisotopic (exact) mass is 346 g/mol. The van der Waals surface area contributed by atoms with Crippen molar-refractivity contribution in [3.8, 4) is 0 Å². The van der Waals surface area contributed by atoms with E-state index in [-0.39, 0.29) is 0 Å². The maximum Gasteiger partial charge on any atom is 0.0701 e. The van der Waals surface area contributed by atoms with Gasteiger partial charge in [-0.05, 0) is 26.2 Å². The molecule has 6 nitrogen and oxygen atoms in total. The van der Waals surface area contributed by atoms with E-state index in [1.807, 2.05) is 0 Å². The summed E-state index contributed by atoms with van der Waals surface area (Å²) in [4.78, 5) is 4.83. The minimum absolute atomic E-state index is 0.678. The van der Waals surface area contributed by atoms with E-state index in [2.05, 4.69) is 48.1 Å². The third-order valence-electron chi connectivity index (χ3n) is 4.22. The molecule has 0 amide bonds. The quantitative estimate of drug-likeness (QED) is 0.339. The molecule has 0 unspecified atom stereocenters. The van der Waals surface area contributed by atoms with Crippen LogP contribution >= 0.6 is 0 Å². The van der Waals surface area contributed by atoms with Crippen molar-refractivity contribution in [3.63, 3.8) is 0 Å². The first kappa shape index (κ1) is 23.8. The average Bonchev–Trinajstić information content (AvgIpc) is 2.62. The van der Waals surface area contributed by atoms with E-state index in [0.29, 0.717) is 13.2 Å². The van der Waals surface area contributed by atoms with Crippen LogP contribution in [-0.2, 0) is 9.47 Å². The molecule has 0 saturated carbocycles. The molecule has 0 spiro atoms. The minimum Gasteiger partial charge on any atom is -0.378 e. The molecule has 0 aliphatic rings. The first-order chi connectivity index (χ1) is 11.8. The van der Waals surface area contributed by atoms with Crippen molar-refractivity contribution in [2.24, 2.45) is 0 Å². The molecule has 0 aliphatic heterocycles. The summed E-state index contributed by atoms with van der Waals surface area (Å²) >= 11 is 0. The molecule has 0 aromatic carbocycles. The third kappa shape index (κ3) is 15.3. The van der Waals surface area contributed by atoms with Crippen LogP contribution < -0.4 is 10.6 Å². The number of nitrogens with one attached hydrogen (secondary N) is 2. The van der Waals surface area contributed by atoms with Gasteiger partial charge >= 0.3 is 0 Å². The molecular weight excluding hydrogens is 304 g/mol. The maximum atomic E-state index is 5.55. The fourth-order valence-electron chi connectivity index (χ4n) is 2.41. The summed E-state index contributed by atoms with van der Waals surface area (Å²) in [6, 6.07) is 0. The molecule has 0 fully saturated rings. The Morgan fingerprint density at radius 1 is 0.542 bits per heavy atom. The number of likely N-dealkylation sites (N-methyl/N-ethyl adjacent to an activating group) is 2. The predicted molar refractivity (Wildman–Crippen MR) is 103 cm³/mol. The second kappa shape index (κ2) is 19.1. The van der Waals surface area contributed by atoms with Crippen LogP contribution in [0.5, 0.6) is 0 Å². The van der Waals surface area contributed by atoms with Gasteiger partial charge in [-0.15, -0.1) is 0 Å². The molecular formula is C18H42N4O2. The highest BCUT2D eigenvalue weighted by molar-refractivity contribution is 4.56. The van der Waals surface area contributed by atoms with Crippen LogP contribution in [0.15, 0.2) is 0 Å². The molecule has 6 heteroatoms. The Hall–Kier alpha value is -0.240. The Bertz CT molecular complexity index is 213. The molecule has 0 aromatic heterocycles. The Labute approximate surface area is 150 Å². The summed E-state index contributed by atoms with van der Waals surface area (Å²) in [7, 11) is 0. The van der Waals surface area contributed by atoms with E-state index in [1.54, 1.807) is 0 Å². The third-order valence-corrected chi connectivity index (χ3v) is 4.22. The molecule has 0 aliphatic carbocycles. The second-order valence-electron chi connectivity index (χ2n) is 5.78. The molecule has 24 heavy (non-hydrogen) atoms. The van der Waals surface area contributed by atoms with E-state index in [9.17, 15) is 0 Å². The first-order valence-electron chi connectivity index (χ1n) is 9.79. The highest BCUT2D eigenvalue weighted by atomic mass is 16.5. The highest BCUT2D eigenvalue weighted by Crippen LogP contribution is 1.85. The van der Waals surface area contributed by atoms with Gasteiger partial charge in [0.25, 0.3) is 0 Å². The SMILES string of the molecule is CCN(CC)CCNCCOCCOCCNCCN(CC)CC. The molecule has 0 radical (unpaired) electrons. The van der Waals surface area contributed by atoms with Crippen LogP contribution in [0.3, 0.4) is 0 Å². The lowest BCUT2D eigenvalue weighted by Gasteiger charge is -2.18. The number of ether oxygens (including phenoxy) is 2. The van der Waals surface area contributed by atoms with Crippen molar-refractivity contribution < 1.29 is 9.47 Å². The van der Waals surface area contributed by atoms with Crippen molar-refractivity contribution in [2.75, 3.05) is 91.9 Å². The lowest BCUT2D eigenvalue weighted by Crippen LogP contribution is -2.33. The van der Waals surface area contributed by atoms with Gasteiger partial charge in [0.05, 0.1) is 26.4 Å². The summed E-state index contributed by atoms with van der Waals surface area (Å²) in [6.45, 7) is 22.3. The predicted octanol–water partition coefficient (Wildman–Crippen LogP) is 0.882. The molecule has 2 N–H and O–H groups in total. The van der Waals surface area contributed by atoms with E-state index in [4.69, 9.17) is 9.47 Å². The van der Waals surface area contributed by atoms with Crippen molar-refractivity contribution in [1.82, 2.24) is 20.4 Å². The van der Waals surface area contributed by atoms with Gasteiger partial charge in [-0.1, -0.05) is 27.7 Å². The number of nitrogens with zero attached hydrogens (tertiary/aromatic N) is 2. The molecule has 0 heterocycles. The van der Waals surface area contributed by atoms with Crippen LogP contribution in [0.4, 0.5) is 0 Å². The Morgan fingerprint density at radius 2 is 0.917 bits per heavy atom.